The molecule has 0 atom stereocenters. The number of para-hydroxylation sites is 1. The first-order valence-corrected chi connectivity index (χ1v) is 7.94. The molecule has 1 aromatic carbocycles. The minimum absolute atomic E-state index is 0.163. The Morgan fingerprint density at radius 2 is 2.08 bits per heavy atom. The van der Waals surface area contributed by atoms with Crippen LogP contribution < -0.4 is 5.32 Å². The third-order valence-corrected chi connectivity index (χ3v) is 3.80. The number of carbonyl (C=O) groups excluding carboxylic acids is 1. The molecule has 0 spiro atoms. The third kappa shape index (κ3) is 3.47. The zero-order chi connectivity index (χ0) is 17.8. The minimum Gasteiger partial charge on any atom is -0.345 e. The van der Waals surface area contributed by atoms with Gasteiger partial charge >= 0.3 is 5.69 Å². The number of nitro groups is 1. The molecule has 0 unspecified atom stereocenters. The van der Waals surface area contributed by atoms with Crippen molar-refractivity contribution in [1.82, 2.24) is 20.5 Å². The number of benzene rings is 1. The molecular formula is C17H17N5O3. The van der Waals surface area contributed by atoms with Gasteiger partial charge in [0.25, 0.3) is 5.91 Å². The van der Waals surface area contributed by atoms with Gasteiger partial charge in [-0.25, -0.2) is 0 Å². The maximum Gasteiger partial charge on any atom is 0.322 e. The van der Waals surface area contributed by atoms with Gasteiger partial charge in [0.05, 0.1) is 22.7 Å². The molecule has 0 radical (unpaired) electrons. The van der Waals surface area contributed by atoms with Gasteiger partial charge in [-0.2, -0.15) is 5.10 Å². The van der Waals surface area contributed by atoms with Crippen molar-refractivity contribution in [2.24, 2.45) is 0 Å². The van der Waals surface area contributed by atoms with Crippen LogP contribution in [0.2, 0.25) is 0 Å². The van der Waals surface area contributed by atoms with E-state index in [1.807, 2.05) is 43.3 Å². The van der Waals surface area contributed by atoms with Crippen LogP contribution in [0.25, 0.3) is 10.9 Å². The SMILES string of the molecule is CCCc1[nH]nc(C(=O)NCc2ccc3ccccc3n2)c1[N+](=O)[O-]. The monoisotopic (exact) mass is 339 g/mol. The van der Waals surface area contributed by atoms with Crippen molar-refractivity contribution < 1.29 is 9.72 Å². The quantitative estimate of drug-likeness (QED) is 0.529. The number of aryl methyl sites for hydroxylation is 1. The highest BCUT2D eigenvalue weighted by Crippen LogP contribution is 2.22. The first-order chi connectivity index (χ1) is 12.1. The number of hydrogen-bond donors (Lipinski definition) is 2. The molecular weight excluding hydrogens is 322 g/mol. The molecule has 2 N–H and O–H groups in total. The second-order valence-electron chi connectivity index (χ2n) is 5.58. The predicted molar refractivity (Wildman–Crippen MR) is 92.2 cm³/mol. The number of aromatic nitrogens is 3. The molecule has 2 heterocycles. The standard InChI is InChI=1S/C17H17N5O3/c1-2-5-14-16(22(24)25)15(21-20-14)17(23)18-10-12-9-8-11-6-3-4-7-13(11)19-12/h3-4,6-9H,2,5,10H2,1H3,(H,18,23)(H,20,21). The van der Waals surface area contributed by atoms with Crippen molar-refractivity contribution in [3.05, 3.63) is 63.6 Å². The molecule has 128 valence electrons. The van der Waals surface area contributed by atoms with E-state index in [1.54, 1.807) is 0 Å². The summed E-state index contributed by atoms with van der Waals surface area (Å²) in [4.78, 5) is 27.4. The van der Waals surface area contributed by atoms with E-state index in [2.05, 4.69) is 20.5 Å². The molecule has 3 aromatic rings. The Bertz CT molecular complexity index is 935. The normalized spacial score (nSPS) is 10.8. The Balaban J connectivity index is 1.76. The Morgan fingerprint density at radius 1 is 1.28 bits per heavy atom. The van der Waals surface area contributed by atoms with Gasteiger partial charge in [-0.05, 0) is 18.6 Å². The molecule has 3 rings (SSSR count). The average molecular weight is 339 g/mol. The number of H-pyrrole nitrogens is 1. The summed E-state index contributed by atoms with van der Waals surface area (Å²) in [6.45, 7) is 2.06. The molecule has 2 aromatic heterocycles. The molecule has 0 aliphatic heterocycles. The summed E-state index contributed by atoms with van der Waals surface area (Å²) in [6, 6.07) is 11.4. The maximum atomic E-state index is 12.3. The van der Waals surface area contributed by atoms with Crippen molar-refractivity contribution in [1.29, 1.82) is 0 Å². The van der Waals surface area contributed by atoms with E-state index in [4.69, 9.17) is 0 Å². The summed E-state index contributed by atoms with van der Waals surface area (Å²) in [5, 5.41) is 21.3. The number of pyridine rings is 1. The lowest BCUT2D eigenvalue weighted by molar-refractivity contribution is -0.385. The molecule has 0 fully saturated rings. The summed E-state index contributed by atoms with van der Waals surface area (Å²) in [6.07, 6.45) is 1.17. The lowest BCUT2D eigenvalue weighted by Gasteiger charge is -2.04. The summed E-state index contributed by atoms with van der Waals surface area (Å²) >= 11 is 0. The number of rotatable bonds is 6. The van der Waals surface area contributed by atoms with Crippen LogP contribution in [0.3, 0.4) is 0 Å². The molecule has 0 bridgehead atoms. The molecule has 25 heavy (non-hydrogen) atoms. The van der Waals surface area contributed by atoms with Gasteiger partial charge in [-0.1, -0.05) is 37.6 Å². The van der Waals surface area contributed by atoms with Crippen molar-refractivity contribution >= 4 is 22.5 Å². The Kier molecular flexibility index (Phi) is 4.69. The smallest absolute Gasteiger partial charge is 0.322 e. The summed E-state index contributed by atoms with van der Waals surface area (Å²) in [5.41, 5.74) is 1.39. The second-order valence-corrected chi connectivity index (χ2v) is 5.58. The largest absolute Gasteiger partial charge is 0.345 e. The Labute approximate surface area is 143 Å². The molecule has 8 heteroatoms. The molecule has 0 aliphatic carbocycles. The van der Waals surface area contributed by atoms with Crippen molar-refractivity contribution in [3.8, 4) is 0 Å². The summed E-state index contributed by atoms with van der Waals surface area (Å²) in [7, 11) is 0. The van der Waals surface area contributed by atoms with Crippen LogP contribution in [0.1, 0.15) is 35.2 Å². The number of fused-ring (bicyclic) bond motifs is 1. The highest BCUT2D eigenvalue weighted by Gasteiger charge is 2.28. The highest BCUT2D eigenvalue weighted by molar-refractivity contribution is 5.96. The van der Waals surface area contributed by atoms with E-state index in [0.29, 0.717) is 24.2 Å². The Morgan fingerprint density at radius 3 is 2.84 bits per heavy atom. The predicted octanol–water partition coefficient (Wildman–Crippen LogP) is 2.75. The third-order valence-electron chi connectivity index (χ3n) is 3.80. The Hall–Kier alpha value is -3.29. The van der Waals surface area contributed by atoms with Gasteiger partial charge in [0.15, 0.2) is 0 Å². The molecule has 0 saturated heterocycles. The number of amides is 1. The van der Waals surface area contributed by atoms with E-state index in [1.165, 1.54) is 0 Å². The number of aromatic amines is 1. The number of hydrogen-bond acceptors (Lipinski definition) is 5. The van der Waals surface area contributed by atoms with Gasteiger partial charge in [0.1, 0.15) is 5.69 Å². The molecule has 0 aliphatic rings. The lowest BCUT2D eigenvalue weighted by atomic mass is 10.2. The van der Waals surface area contributed by atoms with E-state index >= 15 is 0 Å². The molecule has 1 amide bonds. The zero-order valence-corrected chi connectivity index (χ0v) is 13.7. The number of nitrogens with one attached hydrogen (secondary N) is 2. The minimum atomic E-state index is -0.597. The van der Waals surface area contributed by atoms with Crippen LogP contribution in [0, 0.1) is 10.1 Å². The van der Waals surface area contributed by atoms with Gasteiger partial charge in [0.2, 0.25) is 5.69 Å². The fraction of sp³-hybridized carbons (Fsp3) is 0.235. The van der Waals surface area contributed by atoms with E-state index in [-0.39, 0.29) is 17.9 Å². The molecule has 8 nitrogen and oxygen atoms in total. The first-order valence-electron chi connectivity index (χ1n) is 7.94. The average Bonchev–Trinajstić information content (AvgIpc) is 3.04. The van der Waals surface area contributed by atoms with Gasteiger partial charge in [-0.15, -0.1) is 0 Å². The topological polar surface area (TPSA) is 114 Å². The first kappa shape index (κ1) is 16.6. The van der Waals surface area contributed by atoms with Crippen molar-refractivity contribution in [2.75, 3.05) is 0 Å². The fourth-order valence-electron chi connectivity index (χ4n) is 2.61. The highest BCUT2D eigenvalue weighted by atomic mass is 16.6. The zero-order valence-electron chi connectivity index (χ0n) is 13.7. The van der Waals surface area contributed by atoms with E-state index < -0.39 is 10.8 Å². The van der Waals surface area contributed by atoms with Crippen LogP contribution in [0.4, 0.5) is 5.69 Å². The van der Waals surface area contributed by atoms with Crippen LogP contribution in [0.15, 0.2) is 36.4 Å². The van der Waals surface area contributed by atoms with Gasteiger partial charge < -0.3 is 5.32 Å². The van der Waals surface area contributed by atoms with Crippen LogP contribution >= 0.6 is 0 Å². The van der Waals surface area contributed by atoms with Crippen molar-refractivity contribution in [3.63, 3.8) is 0 Å². The summed E-state index contributed by atoms with van der Waals surface area (Å²) in [5.74, 6) is -0.597. The van der Waals surface area contributed by atoms with Crippen LogP contribution in [-0.4, -0.2) is 26.0 Å². The van der Waals surface area contributed by atoms with Gasteiger partial charge in [0, 0.05) is 5.39 Å². The lowest BCUT2D eigenvalue weighted by Crippen LogP contribution is -2.24. The molecule has 0 saturated carbocycles. The van der Waals surface area contributed by atoms with Crippen molar-refractivity contribution in [2.45, 2.75) is 26.3 Å². The van der Waals surface area contributed by atoms with E-state index in [9.17, 15) is 14.9 Å². The number of carbonyl (C=O) groups is 1. The second kappa shape index (κ2) is 7.08. The van der Waals surface area contributed by atoms with E-state index in [0.717, 1.165) is 10.9 Å². The maximum absolute atomic E-state index is 12.3. The van der Waals surface area contributed by atoms with Gasteiger partial charge in [-0.3, -0.25) is 25.0 Å². The van der Waals surface area contributed by atoms with Crippen LogP contribution in [0.5, 0.6) is 0 Å². The summed E-state index contributed by atoms with van der Waals surface area (Å²) < 4.78 is 0. The fourth-order valence-corrected chi connectivity index (χ4v) is 2.61. The number of nitrogens with zero attached hydrogens (tertiary/aromatic N) is 3. The van der Waals surface area contributed by atoms with Crippen LogP contribution in [-0.2, 0) is 13.0 Å².